The summed E-state index contributed by atoms with van der Waals surface area (Å²) < 4.78 is 0. The minimum atomic E-state index is -0.0240. The van der Waals surface area contributed by atoms with Crippen molar-refractivity contribution in [2.45, 2.75) is 18.9 Å². The third kappa shape index (κ3) is 3.12. The van der Waals surface area contributed by atoms with Crippen molar-refractivity contribution in [3.63, 3.8) is 0 Å². The summed E-state index contributed by atoms with van der Waals surface area (Å²) in [5.74, 6) is 0.131. The Morgan fingerprint density at radius 1 is 1.43 bits per heavy atom. The fraction of sp³-hybridized carbons (Fsp3) is 0.312. The van der Waals surface area contributed by atoms with E-state index >= 15 is 0 Å². The topological polar surface area (TPSA) is 65.1 Å². The molecule has 21 heavy (non-hydrogen) atoms. The van der Waals surface area contributed by atoms with Gasteiger partial charge in [0.25, 0.3) is 0 Å². The van der Waals surface area contributed by atoms with Crippen LogP contribution in [-0.4, -0.2) is 28.6 Å². The quantitative estimate of drug-likeness (QED) is 0.760. The van der Waals surface area contributed by atoms with Crippen molar-refractivity contribution >= 4 is 28.4 Å². The molecule has 0 spiro atoms. The lowest BCUT2D eigenvalue weighted by molar-refractivity contribution is -0.120. The van der Waals surface area contributed by atoms with Crippen LogP contribution in [0.3, 0.4) is 0 Å². The molecule has 1 aliphatic rings. The largest absolute Gasteiger partial charge is 0.396 e. The molecule has 0 bridgehead atoms. The number of carbonyl (C=O) groups is 1. The van der Waals surface area contributed by atoms with Crippen LogP contribution in [0.5, 0.6) is 0 Å². The molecule has 3 rings (SSSR count). The maximum atomic E-state index is 12.1. The van der Waals surface area contributed by atoms with Gasteiger partial charge in [-0.1, -0.05) is 23.8 Å². The number of hydrogen-bond donors (Lipinski definition) is 3. The number of aliphatic hydroxyl groups excluding tert-OH is 1. The summed E-state index contributed by atoms with van der Waals surface area (Å²) in [6.07, 6.45) is 6.83. The van der Waals surface area contributed by atoms with Crippen molar-refractivity contribution in [1.82, 2.24) is 10.3 Å². The first-order valence-corrected chi connectivity index (χ1v) is 7.37. The summed E-state index contributed by atoms with van der Waals surface area (Å²) in [7, 11) is 0. The van der Waals surface area contributed by atoms with Gasteiger partial charge in [0.2, 0.25) is 5.91 Å². The van der Waals surface area contributed by atoms with Gasteiger partial charge in [-0.25, -0.2) is 0 Å². The van der Waals surface area contributed by atoms with E-state index in [9.17, 15) is 4.79 Å². The molecule has 1 aromatic carbocycles. The van der Waals surface area contributed by atoms with E-state index < -0.39 is 0 Å². The monoisotopic (exact) mass is 304 g/mol. The van der Waals surface area contributed by atoms with Gasteiger partial charge in [0.05, 0.1) is 6.42 Å². The lowest BCUT2D eigenvalue weighted by atomic mass is 10.1. The lowest BCUT2D eigenvalue weighted by Crippen LogP contribution is -2.34. The van der Waals surface area contributed by atoms with Gasteiger partial charge in [0.15, 0.2) is 0 Å². The van der Waals surface area contributed by atoms with Crippen LogP contribution in [0, 0.1) is 5.92 Å². The zero-order chi connectivity index (χ0) is 14.8. The lowest BCUT2D eigenvalue weighted by Gasteiger charge is -2.12. The van der Waals surface area contributed by atoms with Crippen LogP contribution >= 0.6 is 11.6 Å². The van der Waals surface area contributed by atoms with E-state index in [2.05, 4.69) is 10.3 Å². The molecule has 2 aromatic rings. The van der Waals surface area contributed by atoms with Crippen LogP contribution in [0.15, 0.2) is 36.5 Å². The fourth-order valence-electron chi connectivity index (χ4n) is 2.74. The number of benzene rings is 1. The van der Waals surface area contributed by atoms with Gasteiger partial charge in [-0.05, 0) is 30.2 Å². The molecule has 4 nitrogen and oxygen atoms in total. The molecule has 0 radical (unpaired) electrons. The SMILES string of the molecule is O=C(Cc1c[nH]c2ccc(Cl)cc12)N[C@@H]1C=C[C@H](CO)C1. The molecule has 1 amide bonds. The number of nitrogens with one attached hydrogen (secondary N) is 2. The molecule has 0 unspecified atom stereocenters. The highest BCUT2D eigenvalue weighted by Gasteiger charge is 2.20. The van der Waals surface area contributed by atoms with E-state index in [-0.39, 0.29) is 24.5 Å². The molecule has 5 heteroatoms. The van der Waals surface area contributed by atoms with Gasteiger partial charge in [-0.3, -0.25) is 4.79 Å². The second kappa shape index (κ2) is 5.92. The Bertz CT molecular complexity index is 693. The Balaban J connectivity index is 1.67. The standard InChI is InChI=1S/C16H17ClN2O2/c17-12-2-4-15-14(7-12)11(8-18-15)6-16(21)19-13-3-1-10(5-13)9-20/h1-4,7-8,10,13,18,20H,5-6,9H2,(H,19,21)/t10-,13+/m0/s1. The van der Waals surface area contributed by atoms with Crippen molar-refractivity contribution in [2.24, 2.45) is 5.92 Å². The van der Waals surface area contributed by atoms with E-state index in [1.165, 1.54) is 0 Å². The number of H-pyrrole nitrogens is 1. The number of aromatic amines is 1. The number of aromatic nitrogens is 1. The maximum absolute atomic E-state index is 12.1. The highest BCUT2D eigenvalue weighted by Crippen LogP contribution is 2.23. The highest BCUT2D eigenvalue weighted by molar-refractivity contribution is 6.31. The molecule has 0 aliphatic heterocycles. The smallest absolute Gasteiger partial charge is 0.224 e. The Labute approximate surface area is 127 Å². The molecular weight excluding hydrogens is 288 g/mol. The number of amides is 1. The first-order chi connectivity index (χ1) is 10.2. The minimum absolute atomic E-state index is 0.0171. The maximum Gasteiger partial charge on any atom is 0.224 e. The number of aliphatic hydroxyl groups is 1. The van der Waals surface area contributed by atoms with Crippen LogP contribution in [-0.2, 0) is 11.2 Å². The zero-order valence-electron chi connectivity index (χ0n) is 11.5. The highest BCUT2D eigenvalue weighted by atomic mass is 35.5. The summed E-state index contributed by atoms with van der Waals surface area (Å²) in [6, 6.07) is 5.61. The van der Waals surface area contributed by atoms with Crippen LogP contribution in [0.1, 0.15) is 12.0 Å². The van der Waals surface area contributed by atoms with E-state index in [0.29, 0.717) is 11.4 Å². The van der Waals surface area contributed by atoms with Gasteiger partial charge < -0.3 is 15.4 Å². The minimum Gasteiger partial charge on any atom is -0.396 e. The Hall–Kier alpha value is -1.78. The van der Waals surface area contributed by atoms with Gasteiger partial charge in [0.1, 0.15) is 0 Å². The molecule has 1 aliphatic carbocycles. The number of halogens is 1. The summed E-state index contributed by atoms with van der Waals surface area (Å²) in [5.41, 5.74) is 1.91. The number of carbonyl (C=O) groups excluding carboxylic acids is 1. The number of hydrogen-bond acceptors (Lipinski definition) is 2. The first kappa shape index (κ1) is 14.2. The summed E-state index contributed by atoms with van der Waals surface area (Å²) in [6.45, 7) is 0.129. The van der Waals surface area contributed by atoms with Crippen LogP contribution in [0.2, 0.25) is 5.02 Å². The van der Waals surface area contributed by atoms with Gasteiger partial charge >= 0.3 is 0 Å². The average molecular weight is 305 g/mol. The fourth-order valence-corrected chi connectivity index (χ4v) is 2.92. The van der Waals surface area contributed by atoms with Crippen molar-refractivity contribution < 1.29 is 9.90 Å². The summed E-state index contributed by atoms with van der Waals surface area (Å²) >= 11 is 6.01. The molecular formula is C16H17ClN2O2. The summed E-state index contributed by atoms with van der Waals surface area (Å²) in [4.78, 5) is 15.3. The van der Waals surface area contributed by atoms with E-state index in [1.54, 1.807) is 0 Å². The van der Waals surface area contributed by atoms with Crippen molar-refractivity contribution in [2.75, 3.05) is 6.61 Å². The molecule has 3 N–H and O–H groups in total. The molecule has 0 saturated carbocycles. The molecule has 0 saturated heterocycles. The second-order valence-electron chi connectivity index (χ2n) is 5.42. The normalized spacial score (nSPS) is 21.0. The number of fused-ring (bicyclic) bond motifs is 1. The Morgan fingerprint density at radius 2 is 2.29 bits per heavy atom. The van der Waals surface area contributed by atoms with Crippen molar-refractivity contribution in [3.8, 4) is 0 Å². The van der Waals surface area contributed by atoms with Crippen LogP contribution in [0.25, 0.3) is 10.9 Å². The van der Waals surface area contributed by atoms with E-state index in [1.807, 2.05) is 36.5 Å². The first-order valence-electron chi connectivity index (χ1n) is 7.00. The van der Waals surface area contributed by atoms with Crippen LogP contribution < -0.4 is 5.32 Å². The molecule has 2 atom stereocenters. The van der Waals surface area contributed by atoms with E-state index in [4.69, 9.17) is 16.7 Å². The Morgan fingerprint density at radius 3 is 3.05 bits per heavy atom. The zero-order valence-corrected chi connectivity index (χ0v) is 12.2. The van der Waals surface area contributed by atoms with Crippen molar-refractivity contribution in [3.05, 3.63) is 47.1 Å². The third-order valence-electron chi connectivity index (χ3n) is 3.83. The Kier molecular flexibility index (Phi) is 3.99. The molecule has 110 valence electrons. The molecule has 1 aromatic heterocycles. The van der Waals surface area contributed by atoms with Crippen molar-refractivity contribution in [1.29, 1.82) is 0 Å². The molecule has 0 fully saturated rings. The predicted molar refractivity (Wildman–Crippen MR) is 83.3 cm³/mol. The van der Waals surface area contributed by atoms with E-state index in [0.717, 1.165) is 22.9 Å². The predicted octanol–water partition coefficient (Wildman–Crippen LogP) is 2.42. The summed E-state index contributed by atoms with van der Waals surface area (Å²) in [5, 5.41) is 13.7. The second-order valence-corrected chi connectivity index (χ2v) is 5.85. The third-order valence-corrected chi connectivity index (χ3v) is 4.07. The average Bonchev–Trinajstić information content (AvgIpc) is 3.06. The van der Waals surface area contributed by atoms with Gasteiger partial charge in [-0.2, -0.15) is 0 Å². The molecule has 1 heterocycles. The number of rotatable bonds is 4. The van der Waals surface area contributed by atoms with Gasteiger partial charge in [-0.15, -0.1) is 0 Å². The van der Waals surface area contributed by atoms with Crippen LogP contribution in [0.4, 0.5) is 0 Å². The van der Waals surface area contributed by atoms with Gasteiger partial charge in [0, 0.05) is 40.7 Å².